The van der Waals surface area contributed by atoms with E-state index in [0.717, 1.165) is 24.2 Å². The molecule has 0 atom stereocenters. The van der Waals surface area contributed by atoms with Crippen molar-refractivity contribution in [3.8, 4) is 0 Å². The largest absolute Gasteiger partial charge is 0.399 e. The van der Waals surface area contributed by atoms with Gasteiger partial charge >= 0.3 is 0 Å². The number of anilines is 2. The SMILES string of the molecule is CCCCCCC(C)=O.Nc1ccc(N)cc1. The van der Waals surface area contributed by atoms with Crippen LogP contribution in [0.15, 0.2) is 24.3 Å². The van der Waals surface area contributed by atoms with Crippen molar-refractivity contribution >= 4 is 17.2 Å². The Morgan fingerprint density at radius 3 is 1.82 bits per heavy atom. The minimum Gasteiger partial charge on any atom is -0.399 e. The van der Waals surface area contributed by atoms with Gasteiger partial charge in [-0.2, -0.15) is 0 Å². The van der Waals surface area contributed by atoms with Gasteiger partial charge in [-0.15, -0.1) is 0 Å². The lowest BCUT2D eigenvalue weighted by molar-refractivity contribution is -0.117. The minimum absolute atomic E-state index is 0.325. The summed E-state index contributed by atoms with van der Waals surface area (Å²) < 4.78 is 0. The zero-order valence-corrected chi connectivity index (χ0v) is 10.9. The number of carbonyl (C=O) groups is 1. The van der Waals surface area contributed by atoms with Gasteiger partial charge in [0, 0.05) is 17.8 Å². The van der Waals surface area contributed by atoms with Gasteiger partial charge in [-0.25, -0.2) is 0 Å². The number of Topliss-reactive ketones (excluding diaryl/α,β-unsaturated/α-hetero) is 1. The number of carbonyl (C=O) groups excluding carboxylic acids is 1. The summed E-state index contributed by atoms with van der Waals surface area (Å²) in [4.78, 5) is 10.4. The summed E-state index contributed by atoms with van der Waals surface area (Å²) in [6, 6.07) is 7.09. The highest BCUT2D eigenvalue weighted by Crippen LogP contribution is 2.05. The molecule has 0 amide bonds. The predicted molar refractivity (Wildman–Crippen MR) is 74.7 cm³/mol. The molecule has 0 aliphatic heterocycles. The van der Waals surface area contributed by atoms with Crippen molar-refractivity contribution in [1.29, 1.82) is 0 Å². The van der Waals surface area contributed by atoms with E-state index in [0.29, 0.717) is 5.78 Å². The molecule has 0 spiro atoms. The molecule has 1 rings (SSSR count). The molecular formula is C14H24N2O. The van der Waals surface area contributed by atoms with E-state index in [1.807, 2.05) is 0 Å². The molecule has 3 heteroatoms. The third-order valence-electron chi connectivity index (χ3n) is 2.32. The quantitative estimate of drug-likeness (QED) is 0.608. The molecule has 4 N–H and O–H groups in total. The Morgan fingerprint density at radius 1 is 1.00 bits per heavy atom. The summed E-state index contributed by atoms with van der Waals surface area (Å²) in [7, 11) is 0. The van der Waals surface area contributed by atoms with Crippen LogP contribution in [0.5, 0.6) is 0 Å². The van der Waals surface area contributed by atoms with E-state index in [9.17, 15) is 4.79 Å². The number of unbranched alkanes of at least 4 members (excludes halogenated alkanes) is 3. The van der Waals surface area contributed by atoms with Gasteiger partial charge in [-0.1, -0.05) is 26.2 Å². The first-order chi connectivity index (χ1) is 8.06. The van der Waals surface area contributed by atoms with Crippen molar-refractivity contribution in [1.82, 2.24) is 0 Å². The normalized spacial score (nSPS) is 9.29. The second-order valence-electron chi connectivity index (χ2n) is 4.18. The second-order valence-corrected chi connectivity index (χ2v) is 4.18. The highest BCUT2D eigenvalue weighted by atomic mass is 16.1. The Kier molecular flexibility index (Phi) is 8.84. The zero-order valence-electron chi connectivity index (χ0n) is 10.9. The maximum absolute atomic E-state index is 10.4. The molecule has 0 aromatic heterocycles. The maximum atomic E-state index is 10.4. The average molecular weight is 236 g/mol. The number of nitrogens with two attached hydrogens (primary N) is 2. The second kappa shape index (κ2) is 9.70. The molecular weight excluding hydrogens is 212 g/mol. The number of rotatable bonds is 5. The lowest BCUT2D eigenvalue weighted by Crippen LogP contribution is -1.88. The van der Waals surface area contributed by atoms with Crippen LogP contribution in [0.4, 0.5) is 11.4 Å². The molecule has 0 fully saturated rings. The first-order valence-corrected chi connectivity index (χ1v) is 6.16. The van der Waals surface area contributed by atoms with Gasteiger partial charge in [-0.3, -0.25) is 0 Å². The third-order valence-corrected chi connectivity index (χ3v) is 2.32. The maximum Gasteiger partial charge on any atom is 0.129 e. The molecule has 0 saturated carbocycles. The minimum atomic E-state index is 0.325. The molecule has 17 heavy (non-hydrogen) atoms. The van der Waals surface area contributed by atoms with Crippen LogP contribution in [0, 0.1) is 0 Å². The van der Waals surface area contributed by atoms with Gasteiger partial charge in [0.1, 0.15) is 5.78 Å². The van der Waals surface area contributed by atoms with E-state index in [2.05, 4.69) is 6.92 Å². The Hall–Kier alpha value is -1.51. The Morgan fingerprint density at radius 2 is 1.47 bits per heavy atom. The van der Waals surface area contributed by atoms with Crippen LogP contribution in [0.1, 0.15) is 46.0 Å². The van der Waals surface area contributed by atoms with Crippen LogP contribution in [0.25, 0.3) is 0 Å². The van der Waals surface area contributed by atoms with E-state index < -0.39 is 0 Å². The van der Waals surface area contributed by atoms with Gasteiger partial charge in [0.05, 0.1) is 0 Å². The van der Waals surface area contributed by atoms with Crippen molar-refractivity contribution in [3.63, 3.8) is 0 Å². The fraction of sp³-hybridized carbons (Fsp3) is 0.500. The lowest BCUT2D eigenvalue weighted by Gasteiger charge is -1.93. The fourth-order valence-corrected chi connectivity index (χ4v) is 1.30. The molecule has 0 bridgehead atoms. The molecule has 0 heterocycles. The van der Waals surface area contributed by atoms with Gasteiger partial charge in [0.2, 0.25) is 0 Å². The molecule has 1 aromatic carbocycles. The molecule has 0 radical (unpaired) electrons. The Labute approximate surface area is 104 Å². The Balaban J connectivity index is 0.000000302. The first kappa shape index (κ1) is 15.5. The summed E-state index contributed by atoms with van der Waals surface area (Å²) in [6.45, 7) is 3.83. The monoisotopic (exact) mass is 236 g/mol. The van der Waals surface area contributed by atoms with Gasteiger partial charge < -0.3 is 16.3 Å². The van der Waals surface area contributed by atoms with Crippen molar-refractivity contribution < 1.29 is 4.79 Å². The highest BCUT2D eigenvalue weighted by molar-refractivity contribution is 5.75. The summed E-state index contributed by atoms with van der Waals surface area (Å²) in [5, 5.41) is 0. The number of nitrogen functional groups attached to an aromatic ring is 2. The molecule has 0 unspecified atom stereocenters. The molecule has 1 aromatic rings. The molecule has 96 valence electrons. The number of hydrogen-bond acceptors (Lipinski definition) is 3. The van der Waals surface area contributed by atoms with Crippen molar-refractivity contribution in [2.75, 3.05) is 11.5 Å². The van der Waals surface area contributed by atoms with Crippen LogP contribution in [-0.2, 0) is 4.79 Å². The smallest absolute Gasteiger partial charge is 0.129 e. The van der Waals surface area contributed by atoms with Gasteiger partial charge in [-0.05, 0) is 37.6 Å². The third kappa shape index (κ3) is 10.8. The molecule has 3 nitrogen and oxygen atoms in total. The number of hydrogen-bond donors (Lipinski definition) is 2. The van der Waals surface area contributed by atoms with Gasteiger partial charge in [0.15, 0.2) is 0 Å². The summed E-state index contributed by atoms with van der Waals surface area (Å²) in [5.74, 6) is 0.325. The van der Waals surface area contributed by atoms with Crippen molar-refractivity contribution in [2.45, 2.75) is 46.0 Å². The summed E-state index contributed by atoms with van der Waals surface area (Å²) >= 11 is 0. The van der Waals surface area contributed by atoms with Crippen LogP contribution < -0.4 is 11.5 Å². The van der Waals surface area contributed by atoms with Crippen molar-refractivity contribution in [3.05, 3.63) is 24.3 Å². The number of ketones is 1. The van der Waals surface area contributed by atoms with E-state index in [-0.39, 0.29) is 0 Å². The average Bonchev–Trinajstić information content (AvgIpc) is 2.29. The highest BCUT2D eigenvalue weighted by Gasteiger charge is 1.91. The van der Waals surface area contributed by atoms with E-state index in [1.54, 1.807) is 31.2 Å². The van der Waals surface area contributed by atoms with E-state index >= 15 is 0 Å². The molecule has 0 aliphatic rings. The van der Waals surface area contributed by atoms with Crippen LogP contribution >= 0.6 is 0 Å². The van der Waals surface area contributed by atoms with Crippen molar-refractivity contribution in [2.24, 2.45) is 0 Å². The summed E-state index contributed by atoms with van der Waals surface area (Å²) in [6.07, 6.45) is 5.60. The van der Waals surface area contributed by atoms with Crippen LogP contribution in [-0.4, -0.2) is 5.78 Å². The topological polar surface area (TPSA) is 69.1 Å². The van der Waals surface area contributed by atoms with Crippen LogP contribution in [0.2, 0.25) is 0 Å². The van der Waals surface area contributed by atoms with E-state index in [1.165, 1.54) is 19.3 Å². The number of benzene rings is 1. The first-order valence-electron chi connectivity index (χ1n) is 6.16. The predicted octanol–water partition coefficient (Wildman–Crippen LogP) is 3.40. The standard InChI is InChI=1S/C8H16O.C6H8N2/c1-3-4-5-6-7-8(2)9;7-5-1-2-6(8)4-3-5/h3-7H2,1-2H3;1-4H,7-8H2. The zero-order chi connectivity index (χ0) is 13.1. The fourth-order valence-electron chi connectivity index (χ4n) is 1.30. The van der Waals surface area contributed by atoms with E-state index in [4.69, 9.17) is 11.5 Å². The lowest BCUT2D eigenvalue weighted by atomic mass is 10.1. The van der Waals surface area contributed by atoms with Gasteiger partial charge in [0.25, 0.3) is 0 Å². The summed E-state index contributed by atoms with van der Waals surface area (Å²) in [5.41, 5.74) is 12.2. The Bertz CT molecular complexity index is 286. The molecule has 0 aliphatic carbocycles. The van der Waals surface area contributed by atoms with Crippen LogP contribution in [0.3, 0.4) is 0 Å². The molecule has 0 saturated heterocycles.